The van der Waals surface area contributed by atoms with Gasteiger partial charge in [-0.2, -0.15) is 0 Å². The topological polar surface area (TPSA) is 65.7 Å². The van der Waals surface area contributed by atoms with E-state index in [4.69, 9.17) is 4.42 Å². The fourth-order valence-corrected chi connectivity index (χ4v) is 3.47. The maximum absolute atomic E-state index is 5.84. The molecule has 1 saturated heterocycles. The molecule has 2 atom stereocenters. The predicted molar refractivity (Wildman–Crippen MR) is 101 cm³/mol. The lowest BCUT2D eigenvalue weighted by atomic mass is 9.94. The van der Waals surface area contributed by atoms with Gasteiger partial charge in [-0.1, -0.05) is 20.8 Å². The van der Waals surface area contributed by atoms with Crippen LogP contribution < -0.4 is 10.6 Å². The van der Waals surface area contributed by atoms with E-state index in [-0.39, 0.29) is 5.41 Å². The molecule has 2 N–H and O–H groups in total. The Morgan fingerprint density at radius 1 is 1.40 bits per heavy atom. The first-order valence-electron chi connectivity index (χ1n) is 9.62. The Morgan fingerprint density at radius 3 is 2.76 bits per heavy atom. The molecule has 0 amide bonds. The summed E-state index contributed by atoms with van der Waals surface area (Å²) in [5.41, 5.74) is -0.0238. The lowest BCUT2D eigenvalue weighted by Crippen LogP contribution is -2.44. The van der Waals surface area contributed by atoms with Crippen molar-refractivity contribution in [2.75, 3.05) is 13.1 Å². The van der Waals surface area contributed by atoms with Gasteiger partial charge in [0.2, 0.25) is 5.89 Å². The Kier molecular flexibility index (Phi) is 5.37. The van der Waals surface area contributed by atoms with E-state index in [2.05, 4.69) is 60.1 Å². The normalized spacial score (nSPS) is 25.4. The van der Waals surface area contributed by atoms with E-state index in [1.807, 2.05) is 6.20 Å². The predicted octanol–water partition coefficient (Wildman–Crippen LogP) is 2.65. The van der Waals surface area contributed by atoms with Crippen LogP contribution in [0.15, 0.2) is 15.6 Å². The summed E-state index contributed by atoms with van der Waals surface area (Å²) in [6.07, 6.45) is 5.72. The molecule has 2 heterocycles. The highest BCUT2D eigenvalue weighted by Crippen LogP contribution is 2.33. The van der Waals surface area contributed by atoms with Crippen molar-refractivity contribution in [2.24, 2.45) is 4.99 Å². The molecule has 25 heavy (non-hydrogen) atoms. The van der Waals surface area contributed by atoms with Crippen molar-refractivity contribution in [1.29, 1.82) is 0 Å². The summed E-state index contributed by atoms with van der Waals surface area (Å²) >= 11 is 0. The van der Waals surface area contributed by atoms with Crippen LogP contribution in [0.1, 0.15) is 65.5 Å². The first-order chi connectivity index (χ1) is 11.9. The van der Waals surface area contributed by atoms with Gasteiger partial charge in [0.25, 0.3) is 0 Å². The second-order valence-electron chi connectivity index (χ2n) is 8.42. The molecular formula is C19H33N5O. The van der Waals surface area contributed by atoms with Gasteiger partial charge in [-0.15, -0.1) is 0 Å². The molecule has 0 radical (unpaired) electrons. The van der Waals surface area contributed by atoms with Crippen molar-refractivity contribution in [3.05, 3.63) is 17.8 Å². The minimum Gasteiger partial charge on any atom is -0.443 e. The van der Waals surface area contributed by atoms with Crippen LogP contribution in [0.4, 0.5) is 0 Å². The van der Waals surface area contributed by atoms with Crippen LogP contribution in [0.2, 0.25) is 0 Å². The van der Waals surface area contributed by atoms with E-state index >= 15 is 0 Å². The molecule has 1 aliphatic heterocycles. The molecule has 1 aromatic rings. The van der Waals surface area contributed by atoms with E-state index in [0.29, 0.717) is 24.5 Å². The summed E-state index contributed by atoms with van der Waals surface area (Å²) < 4.78 is 5.84. The molecule has 1 saturated carbocycles. The highest BCUT2D eigenvalue weighted by Gasteiger charge is 2.38. The molecule has 0 bridgehead atoms. The third kappa shape index (κ3) is 4.75. The number of guanidine groups is 1. The quantitative estimate of drug-likeness (QED) is 0.633. The average Bonchev–Trinajstić information content (AvgIpc) is 3.13. The summed E-state index contributed by atoms with van der Waals surface area (Å²) in [4.78, 5) is 11.7. The molecule has 140 valence electrons. The van der Waals surface area contributed by atoms with Crippen LogP contribution in [-0.4, -0.2) is 47.1 Å². The highest BCUT2D eigenvalue weighted by atomic mass is 16.4. The number of oxazole rings is 1. The van der Waals surface area contributed by atoms with Gasteiger partial charge in [-0.05, 0) is 33.1 Å². The minimum absolute atomic E-state index is 0.0238. The number of aliphatic imine (C=N–C) groups is 1. The second-order valence-corrected chi connectivity index (χ2v) is 8.42. The van der Waals surface area contributed by atoms with Gasteiger partial charge in [-0.3, -0.25) is 4.90 Å². The molecule has 0 spiro atoms. The van der Waals surface area contributed by atoms with Gasteiger partial charge in [0.1, 0.15) is 12.3 Å². The Morgan fingerprint density at radius 2 is 2.16 bits per heavy atom. The molecule has 2 aliphatic rings. The van der Waals surface area contributed by atoms with Crippen molar-refractivity contribution in [2.45, 2.75) is 84.0 Å². The number of hydrogen-bond acceptors (Lipinski definition) is 4. The summed E-state index contributed by atoms with van der Waals surface area (Å²) in [6, 6.07) is 1.95. The van der Waals surface area contributed by atoms with Gasteiger partial charge in [0, 0.05) is 36.6 Å². The van der Waals surface area contributed by atoms with Crippen LogP contribution in [0.5, 0.6) is 0 Å². The lowest BCUT2D eigenvalue weighted by Gasteiger charge is -2.20. The zero-order valence-electron chi connectivity index (χ0n) is 16.3. The monoisotopic (exact) mass is 347 g/mol. The SMILES string of the molecule is CCNC(=NCc1ncc(C(C)(C)C)o1)NC1CC(C)N(C2CC2)C1. The van der Waals surface area contributed by atoms with Crippen molar-refractivity contribution in [1.82, 2.24) is 20.5 Å². The number of hydrogen-bond donors (Lipinski definition) is 2. The van der Waals surface area contributed by atoms with E-state index in [1.165, 1.54) is 19.3 Å². The lowest BCUT2D eigenvalue weighted by molar-refractivity contribution is 0.256. The van der Waals surface area contributed by atoms with E-state index < -0.39 is 0 Å². The minimum atomic E-state index is -0.0238. The molecule has 6 nitrogen and oxygen atoms in total. The summed E-state index contributed by atoms with van der Waals surface area (Å²) in [5, 5.41) is 6.94. The fraction of sp³-hybridized carbons (Fsp3) is 0.789. The van der Waals surface area contributed by atoms with Gasteiger partial charge < -0.3 is 15.1 Å². The molecule has 2 unspecified atom stereocenters. The third-order valence-corrected chi connectivity index (χ3v) is 4.99. The molecule has 6 heteroatoms. The Bertz CT molecular complexity index is 599. The average molecular weight is 348 g/mol. The zero-order chi connectivity index (χ0) is 18.0. The summed E-state index contributed by atoms with van der Waals surface area (Å²) in [5.74, 6) is 2.43. The summed E-state index contributed by atoms with van der Waals surface area (Å²) in [6.45, 7) is 13.2. The summed E-state index contributed by atoms with van der Waals surface area (Å²) in [7, 11) is 0. The van der Waals surface area contributed by atoms with E-state index in [9.17, 15) is 0 Å². The van der Waals surface area contributed by atoms with E-state index in [1.54, 1.807) is 0 Å². The number of nitrogens with one attached hydrogen (secondary N) is 2. The van der Waals surface area contributed by atoms with Crippen LogP contribution in [0.3, 0.4) is 0 Å². The second kappa shape index (κ2) is 7.36. The largest absolute Gasteiger partial charge is 0.443 e. The van der Waals surface area contributed by atoms with Crippen molar-refractivity contribution in [3.63, 3.8) is 0 Å². The number of likely N-dealkylation sites (tertiary alicyclic amines) is 1. The smallest absolute Gasteiger partial charge is 0.216 e. The molecule has 3 rings (SSSR count). The van der Waals surface area contributed by atoms with Crippen molar-refractivity contribution >= 4 is 5.96 Å². The van der Waals surface area contributed by atoms with Crippen LogP contribution in [0.25, 0.3) is 0 Å². The van der Waals surface area contributed by atoms with Crippen LogP contribution in [0, 0.1) is 0 Å². The van der Waals surface area contributed by atoms with Gasteiger partial charge in [0.05, 0.1) is 6.20 Å². The first-order valence-corrected chi connectivity index (χ1v) is 9.62. The Hall–Kier alpha value is -1.56. The fourth-order valence-electron chi connectivity index (χ4n) is 3.47. The van der Waals surface area contributed by atoms with Gasteiger partial charge in [0.15, 0.2) is 5.96 Å². The Labute approximate surface area is 151 Å². The van der Waals surface area contributed by atoms with Gasteiger partial charge >= 0.3 is 0 Å². The zero-order valence-corrected chi connectivity index (χ0v) is 16.3. The maximum Gasteiger partial charge on any atom is 0.216 e. The molecular weight excluding hydrogens is 314 g/mol. The number of aromatic nitrogens is 1. The Balaban J connectivity index is 1.58. The van der Waals surface area contributed by atoms with Gasteiger partial charge in [-0.25, -0.2) is 9.98 Å². The van der Waals surface area contributed by atoms with E-state index in [0.717, 1.165) is 30.9 Å². The molecule has 1 aromatic heterocycles. The number of nitrogens with zero attached hydrogens (tertiary/aromatic N) is 3. The highest BCUT2D eigenvalue weighted by molar-refractivity contribution is 5.80. The maximum atomic E-state index is 5.84. The number of rotatable bonds is 5. The molecule has 0 aromatic carbocycles. The molecule has 2 fully saturated rings. The van der Waals surface area contributed by atoms with Crippen molar-refractivity contribution in [3.8, 4) is 0 Å². The molecule has 1 aliphatic carbocycles. The standard InChI is InChI=1S/C19H33N5O/c1-6-20-18(22-11-17-21-10-16(25-17)19(3,4)5)23-14-9-13(2)24(12-14)15-7-8-15/h10,13-15H,6-9,11-12H2,1-5H3,(H2,20,22,23). The van der Waals surface area contributed by atoms with Crippen LogP contribution in [-0.2, 0) is 12.0 Å². The first kappa shape index (κ1) is 18.2. The third-order valence-electron chi connectivity index (χ3n) is 4.99. The van der Waals surface area contributed by atoms with Crippen LogP contribution >= 0.6 is 0 Å². The van der Waals surface area contributed by atoms with Crippen molar-refractivity contribution < 1.29 is 4.42 Å².